The molecule has 2 aromatic rings. The quantitative estimate of drug-likeness (QED) is 0.896. The second-order valence-corrected chi connectivity index (χ2v) is 7.10. The second kappa shape index (κ2) is 6.78. The van der Waals surface area contributed by atoms with Crippen LogP contribution in [0.4, 0.5) is 4.79 Å². The van der Waals surface area contributed by atoms with E-state index in [2.05, 4.69) is 10.6 Å². The van der Waals surface area contributed by atoms with Crippen molar-refractivity contribution in [3.05, 3.63) is 35.6 Å². The van der Waals surface area contributed by atoms with E-state index in [1.54, 1.807) is 11.9 Å². The summed E-state index contributed by atoms with van der Waals surface area (Å²) in [4.78, 5) is 25.7. The zero-order chi connectivity index (χ0) is 18.1. The highest BCUT2D eigenvalue weighted by atomic mass is 16.3. The van der Waals surface area contributed by atoms with Crippen LogP contribution >= 0.6 is 0 Å². The molecule has 134 valence electrons. The number of carbonyl (C=O) groups excluding carboxylic acids is 2. The first-order valence-corrected chi connectivity index (χ1v) is 8.66. The number of amides is 3. The molecule has 6 nitrogen and oxygen atoms in total. The van der Waals surface area contributed by atoms with Gasteiger partial charge in [-0.1, -0.05) is 32.0 Å². The van der Waals surface area contributed by atoms with E-state index in [9.17, 15) is 9.59 Å². The molecule has 2 atom stereocenters. The number of furan rings is 1. The highest BCUT2D eigenvalue weighted by Crippen LogP contribution is 2.32. The lowest BCUT2D eigenvalue weighted by Crippen LogP contribution is -2.45. The molecule has 0 bridgehead atoms. The molecule has 1 aliphatic heterocycles. The second-order valence-electron chi connectivity index (χ2n) is 7.10. The van der Waals surface area contributed by atoms with E-state index in [4.69, 9.17) is 4.42 Å². The summed E-state index contributed by atoms with van der Waals surface area (Å²) < 4.78 is 6.02. The lowest BCUT2D eigenvalue weighted by Gasteiger charge is -2.22. The van der Waals surface area contributed by atoms with Crippen molar-refractivity contribution in [1.82, 2.24) is 15.5 Å². The Bertz CT molecular complexity index is 796. The van der Waals surface area contributed by atoms with Crippen molar-refractivity contribution in [2.45, 2.75) is 39.3 Å². The molecule has 1 aromatic heterocycles. The van der Waals surface area contributed by atoms with Crippen molar-refractivity contribution in [1.29, 1.82) is 0 Å². The molecule has 3 amide bonds. The van der Waals surface area contributed by atoms with Gasteiger partial charge in [-0.05, 0) is 18.9 Å². The number of benzene rings is 1. The summed E-state index contributed by atoms with van der Waals surface area (Å²) >= 11 is 0. The third kappa shape index (κ3) is 3.48. The van der Waals surface area contributed by atoms with Crippen LogP contribution in [-0.2, 0) is 4.79 Å². The van der Waals surface area contributed by atoms with E-state index in [1.165, 1.54) is 0 Å². The lowest BCUT2D eigenvalue weighted by atomic mass is 9.98. The molecule has 0 spiro atoms. The fourth-order valence-corrected chi connectivity index (χ4v) is 3.35. The molecule has 0 aliphatic carbocycles. The number of likely N-dealkylation sites (N-methyl/N-ethyl adjacent to an activating group) is 1. The Labute approximate surface area is 147 Å². The third-order valence-electron chi connectivity index (χ3n) is 4.79. The average Bonchev–Trinajstić information content (AvgIpc) is 3.05. The topological polar surface area (TPSA) is 74.6 Å². The summed E-state index contributed by atoms with van der Waals surface area (Å²) in [5.74, 6) is 1.00. The number of nitrogens with zero attached hydrogens (tertiary/aromatic N) is 1. The van der Waals surface area contributed by atoms with Gasteiger partial charge in [0.25, 0.3) is 0 Å². The number of hydrogen-bond acceptors (Lipinski definition) is 3. The molecule has 1 fully saturated rings. The standard InChI is InChI=1S/C19H25N3O3/c1-11(2)17(18-12(3)14-7-5-6-8-15(14)25-18)21-19(24)20-13-9-16(23)22(4)10-13/h5-8,11,13,17H,9-10H2,1-4H3,(H2,20,21,24)/t13?,17-/m0/s1. The van der Waals surface area contributed by atoms with Crippen molar-refractivity contribution in [3.8, 4) is 0 Å². The maximum absolute atomic E-state index is 12.4. The maximum atomic E-state index is 12.4. The van der Waals surface area contributed by atoms with Gasteiger partial charge in [-0.15, -0.1) is 0 Å². The lowest BCUT2D eigenvalue weighted by molar-refractivity contribution is -0.126. The van der Waals surface area contributed by atoms with Gasteiger partial charge in [0.1, 0.15) is 11.3 Å². The molecule has 1 saturated heterocycles. The number of urea groups is 1. The summed E-state index contributed by atoms with van der Waals surface area (Å²) in [5.41, 5.74) is 1.87. The monoisotopic (exact) mass is 343 g/mol. The van der Waals surface area contributed by atoms with Crippen LogP contribution < -0.4 is 10.6 Å². The van der Waals surface area contributed by atoms with Crippen molar-refractivity contribution in [3.63, 3.8) is 0 Å². The zero-order valence-corrected chi connectivity index (χ0v) is 15.1. The maximum Gasteiger partial charge on any atom is 0.315 e. The molecule has 1 unspecified atom stereocenters. The van der Waals surface area contributed by atoms with Gasteiger partial charge in [-0.2, -0.15) is 0 Å². The van der Waals surface area contributed by atoms with Crippen LogP contribution in [0.1, 0.15) is 37.6 Å². The molecular formula is C19H25N3O3. The molecule has 1 aliphatic rings. The van der Waals surface area contributed by atoms with Crippen molar-refractivity contribution >= 4 is 22.9 Å². The molecular weight excluding hydrogens is 318 g/mol. The number of para-hydroxylation sites is 1. The normalized spacial score (nSPS) is 18.8. The predicted octanol–water partition coefficient (Wildman–Crippen LogP) is 2.97. The van der Waals surface area contributed by atoms with Crippen LogP contribution in [0, 0.1) is 12.8 Å². The number of carbonyl (C=O) groups is 2. The Hall–Kier alpha value is -2.50. The van der Waals surface area contributed by atoms with E-state index >= 15 is 0 Å². The Morgan fingerprint density at radius 3 is 2.64 bits per heavy atom. The molecule has 3 rings (SSSR count). The summed E-state index contributed by atoms with van der Waals surface area (Å²) in [6, 6.07) is 7.22. The highest BCUT2D eigenvalue weighted by molar-refractivity contribution is 5.83. The third-order valence-corrected chi connectivity index (χ3v) is 4.79. The molecule has 25 heavy (non-hydrogen) atoms. The summed E-state index contributed by atoms with van der Waals surface area (Å²) in [6.07, 6.45) is 0.347. The fourth-order valence-electron chi connectivity index (χ4n) is 3.35. The number of hydrogen-bond donors (Lipinski definition) is 2. The van der Waals surface area contributed by atoms with Crippen LogP contribution in [0.2, 0.25) is 0 Å². The van der Waals surface area contributed by atoms with Gasteiger partial charge in [0, 0.05) is 31.0 Å². The summed E-state index contributed by atoms with van der Waals surface area (Å²) in [6.45, 7) is 6.65. The Morgan fingerprint density at radius 2 is 2.04 bits per heavy atom. The molecule has 0 radical (unpaired) electrons. The summed E-state index contributed by atoms with van der Waals surface area (Å²) in [7, 11) is 1.75. The van der Waals surface area contributed by atoms with Gasteiger partial charge in [-0.25, -0.2) is 4.79 Å². The van der Waals surface area contributed by atoms with E-state index in [-0.39, 0.29) is 29.9 Å². The van der Waals surface area contributed by atoms with E-state index in [1.807, 2.05) is 45.0 Å². The number of nitrogens with one attached hydrogen (secondary N) is 2. The Kier molecular flexibility index (Phi) is 4.70. The number of aryl methyl sites for hydroxylation is 1. The van der Waals surface area contributed by atoms with Gasteiger partial charge in [-0.3, -0.25) is 4.79 Å². The van der Waals surface area contributed by atoms with Crippen LogP contribution in [0.25, 0.3) is 11.0 Å². The first-order valence-electron chi connectivity index (χ1n) is 8.66. The van der Waals surface area contributed by atoms with Gasteiger partial charge in [0.2, 0.25) is 5.91 Å². The van der Waals surface area contributed by atoms with Gasteiger partial charge >= 0.3 is 6.03 Å². The molecule has 2 N–H and O–H groups in total. The molecule has 1 aromatic carbocycles. The zero-order valence-electron chi connectivity index (χ0n) is 15.1. The Morgan fingerprint density at radius 1 is 1.32 bits per heavy atom. The number of fused-ring (bicyclic) bond motifs is 1. The molecule has 6 heteroatoms. The predicted molar refractivity (Wildman–Crippen MR) is 96.2 cm³/mol. The largest absolute Gasteiger partial charge is 0.459 e. The van der Waals surface area contributed by atoms with Crippen molar-refractivity contribution < 1.29 is 14.0 Å². The first-order chi connectivity index (χ1) is 11.9. The molecule has 2 heterocycles. The van der Waals surface area contributed by atoms with Gasteiger partial charge in [0.15, 0.2) is 0 Å². The summed E-state index contributed by atoms with van der Waals surface area (Å²) in [5, 5.41) is 6.97. The fraction of sp³-hybridized carbons (Fsp3) is 0.474. The minimum Gasteiger partial charge on any atom is -0.459 e. The highest BCUT2D eigenvalue weighted by Gasteiger charge is 2.30. The van der Waals surface area contributed by atoms with E-state index < -0.39 is 0 Å². The van der Waals surface area contributed by atoms with Crippen LogP contribution in [0.15, 0.2) is 28.7 Å². The van der Waals surface area contributed by atoms with Crippen LogP contribution in [0.3, 0.4) is 0 Å². The van der Waals surface area contributed by atoms with E-state index in [0.717, 1.165) is 22.3 Å². The van der Waals surface area contributed by atoms with Crippen molar-refractivity contribution in [2.24, 2.45) is 5.92 Å². The molecule has 0 saturated carbocycles. The number of rotatable bonds is 4. The van der Waals surface area contributed by atoms with E-state index in [0.29, 0.717) is 13.0 Å². The van der Waals surface area contributed by atoms with Crippen LogP contribution in [0.5, 0.6) is 0 Å². The smallest absolute Gasteiger partial charge is 0.315 e. The van der Waals surface area contributed by atoms with Gasteiger partial charge < -0.3 is 20.0 Å². The first kappa shape index (κ1) is 17.3. The van der Waals surface area contributed by atoms with Crippen LogP contribution in [-0.4, -0.2) is 36.5 Å². The number of likely N-dealkylation sites (tertiary alicyclic amines) is 1. The minimum absolute atomic E-state index is 0.0545. The Balaban J connectivity index is 1.76. The van der Waals surface area contributed by atoms with Crippen molar-refractivity contribution in [2.75, 3.05) is 13.6 Å². The minimum atomic E-state index is -0.272. The SMILES string of the molecule is Cc1c([C@@H](NC(=O)NC2CC(=O)N(C)C2)C(C)C)oc2ccccc12. The average molecular weight is 343 g/mol. The van der Waals surface area contributed by atoms with Gasteiger partial charge in [0.05, 0.1) is 12.1 Å².